The summed E-state index contributed by atoms with van der Waals surface area (Å²) in [5.74, 6) is 0.959. The molecule has 0 aliphatic carbocycles. The fraction of sp³-hybridized carbons (Fsp3) is 0.0870. The first kappa shape index (κ1) is 20.5. The third-order valence-corrected chi connectivity index (χ3v) is 5.86. The van der Waals surface area contributed by atoms with Crippen LogP contribution in [-0.4, -0.2) is 28.4 Å². The Morgan fingerprint density at radius 1 is 0.903 bits per heavy atom. The molecule has 0 spiro atoms. The van der Waals surface area contributed by atoms with E-state index in [9.17, 15) is 13.2 Å². The number of hydrogen-bond acceptors (Lipinski definition) is 7. The van der Waals surface area contributed by atoms with Crippen molar-refractivity contribution in [2.75, 3.05) is 14.2 Å². The number of allylic oxidation sites excluding steroid dienone is 1. The van der Waals surface area contributed by atoms with Crippen LogP contribution in [0.25, 0.3) is 6.08 Å². The van der Waals surface area contributed by atoms with Crippen molar-refractivity contribution in [3.05, 3.63) is 83.6 Å². The predicted octanol–water partition coefficient (Wildman–Crippen LogP) is 4.09. The first-order valence-electron chi connectivity index (χ1n) is 9.22. The standard InChI is InChI=1S/C23H18O7S/c1-27-19-10-6-7-15(23(19)28-2)13-21-22(24)18-12-11-16(14-20(18)29-21)30-31(25,26)17-8-4-3-5-9-17/h3-14H,1-2H3/b21-13-. The molecule has 0 unspecified atom stereocenters. The molecule has 158 valence electrons. The summed E-state index contributed by atoms with van der Waals surface area (Å²) < 4.78 is 46.4. The maximum absolute atomic E-state index is 12.7. The lowest BCUT2D eigenvalue weighted by Gasteiger charge is -2.10. The number of methoxy groups -OCH3 is 2. The third kappa shape index (κ3) is 3.97. The van der Waals surface area contributed by atoms with E-state index in [1.807, 2.05) is 0 Å². The summed E-state index contributed by atoms with van der Waals surface area (Å²) in [5, 5.41) is 0. The molecular weight excluding hydrogens is 420 g/mol. The minimum absolute atomic E-state index is 0.0261. The zero-order valence-corrected chi connectivity index (χ0v) is 17.5. The average Bonchev–Trinajstić information content (AvgIpc) is 3.08. The number of hydrogen-bond donors (Lipinski definition) is 0. The highest BCUT2D eigenvalue weighted by atomic mass is 32.2. The molecule has 0 aromatic heterocycles. The Bertz CT molecular complexity index is 1280. The van der Waals surface area contributed by atoms with Crippen molar-refractivity contribution in [2.45, 2.75) is 4.90 Å². The number of fused-ring (bicyclic) bond motifs is 1. The number of carbonyl (C=O) groups is 1. The van der Waals surface area contributed by atoms with E-state index in [2.05, 4.69) is 0 Å². The molecule has 0 N–H and O–H groups in total. The summed E-state index contributed by atoms with van der Waals surface area (Å²) in [4.78, 5) is 12.8. The zero-order chi connectivity index (χ0) is 22.0. The number of ketones is 1. The highest BCUT2D eigenvalue weighted by Crippen LogP contribution is 2.38. The van der Waals surface area contributed by atoms with E-state index in [4.69, 9.17) is 18.4 Å². The topological polar surface area (TPSA) is 88.1 Å². The van der Waals surface area contributed by atoms with Crippen molar-refractivity contribution in [3.63, 3.8) is 0 Å². The molecule has 0 saturated carbocycles. The molecule has 0 fully saturated rings. The Labute approximate surface area is 179 Å². The van der Waals surface area contributed by atoms with Crippen LogP contribution in [0.2, 0.25) is 0 Å². The number of para-hydroxylation sites is 1. The first-order chi connectivity index (χ1) is 14.9. The van der Waals surface area contributed by atoms with Crippen molar-refractivity contribution in [1.82, 2.24) is 0 Å². The van der Waals surface area contributed by atoms with Gasteiger partial charge in [0.25, 0.3) is 0 Å². The van der Waals surface area contributed by atoms with Gasteiger partial charge in [-0.05, 0) is 36.4 Å². The number of ether oxygens (including phenoxy) is 3. The molecule has 0 amide bonds. The molecule has 31 heavy (non-hydrogen) atoms. The van der Waals surface area contributed by atoms with Crippen molar-refractivity contribution < 1.29 is 31.6 Å². The van der Waals surface area contributed by atoms with Gasteiger partial charge in [0.15, 0.2) is 17.3 Å². The fourth-order valence-corrected chi connectivity index (χ4v) is 4.09. The van der Waals surface area contributed by atoms with E-state index in [1.165, 1.54) is 44.6 Å². The van der Waals surface area contributed by atoms with E-state index in [-0.39, 0.29) is 27.9 Å². The van der Waals surface area contributed by atoms with Crippen LogP contribution < -0.4 is 18.4 Å². The summed E-state index contributed by atoms with van der Waals surface area (Å²) in [7, 11) is -0.985. The summed E-state index contributed by atoms with van der Waals surface area (Å²) >= 11 is 0. The van der Waals surface area contributed by atoms with Gasteiger partial charge in [-0.25, -0.2) is 0 Å². The highest BCUT2D eigenvalue weighted by molar-refractivity contribution is 7.87. The molecule has 0 bridgehead atoms. The lowest BCUT2D eigenvalue weighted by atomic mass is 10.1. The molecular formula is C23H18O7S. The Kier molecular flexibility index (Phi) is 5.39. The van der Waals surface area contributed by atoms with E-state index >= 15 is 0 Å². The van der Waals surface area contributed by atoms with Crippen LogP contribution in [-0.2, 0) is 10.1 Å². The monoisotopic (exact) mass is 438 g/mol. The van der Waals surface area contributed by atoms with Crippen LogP contribution >= 0.6 is 0 Å². The van der Waals surface area contributed by atoms with Crippen LogP contribution in [0.3, 0.4) is 0 Å². The third-order valence-electron chi connectivity index (χ3n) is 4.60. The molecule has 3 aromatic carbocycles. The van der Waals surface area contributed by atoms with Crippen molar-refractivity contribution in [2.24, 2.45) is 0 Å². The lowest BCUT2D eigenvalue weighted by Crippen LogP contribution is -2.09. The van der Waals surface area contributed by atoms with Gasteiger partial charge in [-0.3, -0.25) is 4.79 Å². The smallest absolute Gasteiger partial charge is 0.339 e. The van der Waals surface area contributed by atoms with E-state index in [0.717, 1.165) is 0 Å². The first-order valence-corrected chi connectivity index (χ1v) is 10.6. The second kappa shape index (κ2) is 8.16. The predicted molar refractivity (Wildman–Crippen MR) is 113 cm³/mol. The molecule has 0 saturated heterocycles. The second-order valence-corrected chi connectivity index (χ2v) is 8.08. The van der Waals surface area contributed by atoms with E-state index in [1.54, 1.807) is 42.5 Å². The molecule has 0 radical (unpaired) electrons. The van der Waals surface area contributed by atoms with Crippen LogP contribution in [0, 0.1) is 0 Å². The van der Waals surface area contributed by atoms with E-state index < -0.39 is 10.1 Å². The lowest BCUT2D eigenvalue weighted by molar-refractivity contribution is 0.101. The zero-order valence-electron chi connectivity index (χ0n) is 16.7. The van der Waals surface area contributed by atoms with Gasteiger partial charge < -0.3 is 18.4 Å². The summed E-state index contributed by atoms with van der Waals surface area (Å²) in [5.41, 5.74) is 0.902. The summed E-state index contributed by atoms with van der Waals surface area (Å²) in [6.07, 6.45) is 1.55. The van der Waals surface area contributed by atoms with E-state index in [0.29, 0.717) is 22.6 Å². The number of benzene rings is 3. The summed E-state index contributed by atoms with van der Waals surface area (Å²) in [6.45, 7) is 0. The number of carbonyl (C=O) groups excluding carboxylic acids is 1. The molecule has 0 atom stereocenters. The normalized spacial score (nSPS) is 14.1. The van der Waals surface area contributed by atoms with Gasteiger partial charge in [0, 0.05) is 11.6 Å². The van der Waals surface area contributed by atoms with Crippen molar-refractivity contribution in [3.8, 4) is 23.0 Å². The maximum Gasteiger partial charge on any atom is 0.339 e. The Hall–Kier alpha value is -3.78. The molecule has 7 nitrogen and oxygen atoms in total. The van der Waals surface area contributed by atoms with Crippen molar-refractivity contribution >= 4 is 22.0 Å². The Morgan fingerprint density at radius 3 is 2.39 bits per heavy atom. The van der Waals surface area contributed by atoms with Gasteiger partial charge in [-0.2, -0.15) is 8.42 Å². The van der Waals surface area contributed by atoms with Crippen LogP contribution in [0.15, 0.2) is 77.4 Å². The van der Waals surface area contributed by atoms with Crippen LogP contribution in [0.1, 0.15) is 15.9 Å². The minimum Gasteiger partial charge on any atom is -0.493 e. The quantitative estimate of drug-likeness (QED) is 0.423. The molecule has 1 aliphatic rings. The minimum atomic E-state index is -4.01. The molecule has 1 aliphatic heterocycles. The van der Waals surface area contributed by atoms with Gasteiger partial charge in [0.1, 0.15) is 16.4 Å². The number of Topliss-reactive ketones (excluding diaryl/α,β-unsaturated/α-hetero) is 1. The largest absolute Gasteiger partial charge is 0.493 e. The molecule has 8 heteroatoms. The second-order valence-electron chi connectivity index (χ2n) is 6.53. The Morgan fingerprint density at radius 2 is 1.68 bits per heavy atom. The Balaban J connectivity index is 1.63. The van der Waals surface area contributed by atoms with Crippen molar-refractivity contribution in [1.29, 1.82) is 0 Å². The summed E-state index contributed by atoms with van der Waals surface area (Å²) in [6, 6.07) is 17.3. The maximum atomic E-state index is 12.7. The van der Waals surface area contributed by atoms with Gasteiger partial charge in [0.05, 0.1) is 19.8 Å². The molecule has 4 rings (SSSR count). The average molecular weight is 438 g/mol. The molecule has 3 aromatic rings. The number of rotatable bonds is 6. The molecule has 1 heterocycles. The van der Waals surface area contributed by atoms with Gasteiger partial charge in [-0.15, -0.1) is 0 Å². The van der Waals surface area contributed by atoms with Crippen LogP contribution in [0.5, 0.6) is 23.0 Å². The highest BCUT2D eigenvalue weighted by Gasteiger charge is 2.29. The van der Waals surface area contributed by atoms with Gasteiger partial charge in [0.2, 0.25) is 5.78 Å². The SMILES string of the molecule is COc1cccc(/C=C2\Oc3cc(OS(=O)(=O)c4ccccc4)ccc3C2=O)c1OC. The van der Waals surface area contributed by atoms with Gasteiger partial charge >= 0.3 is 10.1 Å². The van der Waals surface area contributed by atoms with Gasteiger partial charge in [-0.1, -0.05) is 30.3 Å². The van der Waals surface area contributed by atoms with Crippen LogP contribution in [0.4, 0.5) is 0 Å². The fourth-order valence-electron chi connectivity index (χ4n) is 3.15.